The van der Waals surface area contributed by atoms with Gasteiger partial charge in [-0.1, -0.05) is 23.7 Å². The third kappa shape index (κ3) is 5.79. The highest BCUT2D eigenvalue weighted by atomic mass is 35.5. The molecule has 188 valence electrons. The van der Waals surface area contributed by atoms with E-state index in [0.29, 0.717) is 59.7 Å². The summed E-state index contributed by atoms with van der Waals surface area (Å²) < 4.78 is 11.1. The van der Waals surface area contributed by atoms with E-state index in [0.717, 1.165) is 16.7 Å². The number of hydrogen-bond donors (Lipinski definition) is 2. The zero-order valence-corrected chi connectivity index (χ0v) is 20.6. The molecule has 0 aliphatic carbocycles. The zero-order valence-electron chi connectivity index (χ0n) is 19.8. The molecule has 1 fully saturated rings. The fourth-order valence-corrected chi connectivity index (χ4v) is 4.20. The number of aromatic nitrogens is 2. The van der Waals surface area contributed by atoms with Gasteiger partial charge in [-0.15, -0.1) is 0 Å². The van der Waals surface area contributed by atoms with E-state index in [1.807, 2.05) is 30.3 Å². The van der Waals surface area contributed by atoms with Crippen LogP contribution in [0, 0.1) is 0 Å². The number of hydrogen-bond acceptors (Lipinski definition) is 7. The van der Waals surface area contributed by atoms with Gasteiger partial charge in [-0.25, -0.2) is 9.97 Å². The summed E-state index contributed by atoms with van der Waals surface area (Å²) in [6.07, 6.45) is 4.61. The van der Waals surface area contributed by atoms with Crippen molar-refractivity contribution < 1.29 is 18.7 Å². The lowest BCUT2D eigenvalue weighted by molar-refractivity contribution is -0.116. The normalized spacial score (nSPS) is 13.8. The van der Waals surface area contributed by atoms with Crippen LogP contribution in [0.1, 0.15) is 21.8 Å². The van der Waals surface area contributed by atoms with Gasteiger partial charge >= 0.3 is 0 Å². The van der Waals surface area contributed by atoms with Gasteiger partial charge in [0.2, 0.25) is 11.8 Å². The minimum absolute atomic E-state index is 0.00787. The summed E-state index contributed by atoms with van der Waals surface area (Å²) in [4.78, 5) is 35.1. The van der Waals surface area contributed by atoms with Gasteiger partial charge in [0.25, 0.3) is 5.91 Å². The number of rotatable bonds is 6. The van der Waals surface area contributed by atoms with Gasteiger partial charge in [0.1, 0.15) is 11.3 Å². The minimum atomic E-state index is -0.308. The fourth-order valence-electron chi connectivity index (χ4n) is 3.94. The molecule has 0 radical (unpaired) electrons. The van der Waals surface area contributed by atoms with Crippen LogP contribution in [-0.4, -0.2) is 53.0 Å². The predicted molar refractivity (Wildman–Crippen MR) is 141 cm³/mol. The van der Waals surface area contributed by atoms with Gasteiger partial charge < -0.3 is 25.1 Å². The van der Waals surface area contributed by atoms with E-state index >= 15 is 0 Å². The van der Waals surface area contributed by atoms with Crippen LogP contribution in [0.5, 0.6) is 0 Å². The summed E-state index contributed by atoms with van der Waals surface area (Å²) in [6, 6.07) is 14.5. The van der Waals surface area contributed by atoms with Gasteiger partial charge in [-0.05, 0) is 59.2 Å². The molecular weight excluding hydrogens is 494 g/mol. The summed E-state index contributed by atoms with van der Waals surface area (Å²) in [5, 5.41) is 3.14. The molecule has 4 aromatic rings. The van der Waals surface area contributed by atoms with Gasteiger partial charge in [0.15, 0.2) is 5.58 Å². The molecule has 2 aromatic heterocycles. The lowest BCUT2D eigenvalue weighted by Crippen LogP contribution is -2.40. The number of nitrogens with one attached hydrogen (secondary N) is 1. The molecule has 0 bridgehead atoms. The number of fused-ring (bicyclic) bond motifs is 1. The van der Waals surface area contributed by atoms with Crippen LogP contribution in [0.25, 0.3) is 28.3 Å². The highest BCUT2D eigenvalue weighted by Crippen LogP contribution is 2.31. The van der Waals surface area contributed by atoms with Crippen molar-refractivity contribution in [3.05, 3.63) is 82.8 Å². The number of carbonyl (C=O) groups is 2. The third-order valence-electron chi connectivity index (χ3n) is 5.90. The number of anilines is 1. The summed E-state index contributed by atoms with van der Waals surface area (Å²) in [6.45, 7) is 2.41. The second-order valence-electron chi connectivity index (χ2n) is 8.46. The molecule has 37 heavy (non-hydrogen) atoms. The van der Waals surface area contributed by atoms with Gasteiger partial charge in [0.05, 0.1) is 24.8 Å². The molecule has 5 rings (SSSR count). The van der Waals surface area contributed by atoms with E-state index < -0.39 is 0 Å². The maximum atomic E-state index is 12.7. The Hall–Kier alpha value is -4.21. The SMILES string of the molecule is Nc1ccc(C=CC(=O)NCc2nc3cc(-c4ccc(C(=O)N5CCOCC5)cc4)cc(Cl)c3o2)cn1. The van der Waals surface area contributed by atoms with Gasteiger partial charge in [-0.2, -0.15) is 0 Å². The van der Waals surface area contributed by atoms with Crippen LogP contribution < -0.4 is 11.1 Å². The first-order chi connectivity index (χ1) is 18.0. The molecule has 1 aliphatic rings. The standard InChI is InChI=1S/C27H24ClN5O4/c28-21-13-20(18-3-5-19(6-4-18)27(35)33-9-11-36-12-10-33)14-22-26(21)37-25(32-22)16-31-24(34)8-2-17-1-7-23(29)30-15-17/h1-8,13-15H,9-12,16H2,(H2,29,30)(H,31,34). The number of pyridine rings is 1. The minimum Gasteiger partial charge on any atom is -0.437 e. The topological polar surface area (TPSA) is 124 Å². The maximum absolute atomic E-state index is 12.7. The molecular formula is C27H24ClN5O4. The Morgan fingerprint density at radius 2 is 1.86 bits per heavy atom. The second kappa shape index (κ2) is 10.8. The quantitative estimate of drug-likeness (QED) is 0.371. The first-order valence-corrected chi connectivity index (χ1v) is 12.1. The van der Waals surface area contributed by atoms with Crippen LogP contribution in [0.2, 0.25) is 5.02 Å². The molecule has 0 spiro atoms. The van der Waals surface area contributed by atoms with Crippen molar-refractivity contribution in [3.8, 4) is 11.1 Å². The first-order valence-electron chi connectivity index (χ1n) is 11.7. The Labute approximate surface area is 217 Å². The van der Waals surface area contributed by atoms with Crippen molar-refractivity contribution in [2.75, 3.05) is 32.0 Å². The highest BCUT2D eigenvalue weighted by molar-refractivity contribution is 6.35. The monoisotopic (exact) mass is 517 g/mol. The maximum Gasteiger partial charge on any atom is 0.254 e. The Morgan fingerprint density at radius 3 is 2.59 bits per heavy atom. The molecule has 3 N–H and O–H groups in total. The van der Waals surface area contributed by atoms with E-state index in [2.05, 4.69) is 15.3 Å². The third-order valence-corrected chi connectivity index (χ3v) is 6.18. The number of nitrogens with zero attached hydrogens (tertiary/aromatic N) is 3. The van der Waals surface area contributed by atoms with E-state index in [1.54, 1.807) is 35.4 Å². The summed E-state index contributed by atoms with van der Waals surface area (Å²) in [7, 11) is 0. The molecule has 3 heterocycles. The fraction of sp³-hybridized carbons (Fsp3) is 0.185. The lowest BCUT2D eigenvalue weighted by Gasteiger charge is -2.26. The number of halogens is 1. The molecule has 2 amide bonds. The molecule has 9 nitrogen and oxygen atoms in total. The van der Waals surface area contributed by atoms with Crippen molar-refractivity contribution in [3.63, 3.8) is 0 Å². The predicted octanol–water partition coefficient (Wildman–Crippen LogP) is 3.93. The van der Waals surface area contributed by atoms with Crippen LogP contribution in [-0.2, 0) is 16.1 Å². The average Bonchev–Trinajstić information content (AvgIpc) is 3.35. The Morgan fingerprint density at radius 1 is 1.08 bits per heavy atom. The number of morpholine rings is 1. The Balaban J connectivity index is 1.26. The largest absolute Gasteiger partial charge is 0.437 e. The highest BCUT2D eigenvalue weighted by Gasteiger charge is 2.19. The van der Waals surface area contributed by atoms with Crippen molar-refractivity contribution in [1.82, 2.24) is 20.2 Å². The average molecular weight is 518 g/mol. The number of nitrogens with two attached hydrogens (primary N) is 1. The lowest BCUT2D eigenvalue weighted by atomic mass is 10.0. The van der Waals surface area contributed by atoms with Crippen molar-refractivity contribution in [2.24, 2.45) is 0 Å². The van der Waals surface area contributed by atoms with Gasteiger partial charge in [0, 0.05) is 30.9 Å². The van der Waals surface area contributed by atoms with E-state index in [-0.39, 0.29) is 18.4 Å². The second-order valence-corrected chi connectivity index (χ2v) is 8.87. The van der Waals surface area contributed by atoms with Crippen molar-refractivity contribution in [1.29, 1.82) is 0 Å². The van der Waals surface area contributed by atoms with Gasteiger partial charge in [-0.3, -0.25) is 9.59 Å². The van der Waals surface area contributed by atoms with Crippen molar-refractivity contribution in [2.45, 2.75) is 6.54 Å². The Kier molecular flexibility index (Phi) is 7.16. The molecule has 0 atom stereocenters. The number of ether oxygens (including phenoxy) is 1. The van der Waals surface area contributed by atoms with E-state index in [1.165, 1.54) is 6.08 Å². The number of nitrogen functional groups attached to an aromatic ring is 1. The zero-order chi connectivity index (χ0) is 25.8. The molecule has 2 aromatic carbocycles. The van der Waals surface area contributed by atoms with Crippen LogP contribution >= 0.6 is 11.6 Å². The van der Waals surface area contributed by atoms with Crippen molar-refractivity contribution >= 4 is 46.4 Å². The molecule has 1 aliphatic heterocycles. The molecule has 0 saturated carbocycles. The smallest absolute Gasteiger partial charge is 0.254 e. The van der Waals surface area contributed by atoms with Crippen LogP contribution in [0.4, 0.5) is 5.82 Å². The van der Waals surface area contributed by atoms with E-state index in [4.69, 9.17) is 26.5 Å². The summed E-state index contributed by atoms with van der Waals surface area (Å²) in [5.74, 6) is 0.427. The summed E-state index contributed by atoms with van der Waals surface area (Å²) >= 11 is 6.48. The number of carbonyl (C=O) groups excluding carboxylic acids is 2. The first kappa shape index (κ1) is 24.5. The van der Waals surface area contributed by atoms with Crippen LogP contribution in [0.3, 0.4) is 0 Å². The number of benzene rings is 2. The van der Waals surface area contributed by atoms with E-state index in [9.17, 15) is 9.59 Å². The number of amides is 2. The van der Waals surface area contributed by atoms with Crippen LogP contribution in [0.15, 0.2) is 65.2 Å². The molecule has 10 heteroatoms. The molecule has 0 unspecified atom stereocenters. The number of oxazole rings is 1. The summed E-state index contributed by atoms with van der Waals surface area (Å²) in [5.41, 5.74) is 9.69. The molecule has 1 saturated heterocycles. The Bertz CT molecular complexity index is 1460.